The zero-order valence-electron chi connectivity index (χ0n) is 17.9. The normalized spacial score (nSPS) is 14.8. The molecule has 0 unspecified atom stereocenters. The van der Waals surface area contributed by atoms with E-state index in [4.69, 9.17) is 0 Å². The summed E-state index contributed by atoms with van der Waals surface area (Å²) in [4.78, 5) is 25.7. The second-order valence-corrected chi connectivity index (χ2v) is 7.91. The predicted octanol–water partition coefficient (Wildman–Crippen LogP) is 2.79. The zero-order chi connectivity index (χ0) is 21.5. The van der Waals surface area contributed by atoms with Crippen LogP contribution in [0.3, 0.4) is 0 Å². The van der Waals surface area contributed by atoms with Crippen LogP contribution in [0.25, 0.3) is 0 Å². The van der Waals surface area contributed by atoms with Crippen molar-refractivity contribution in [2.75, 3.05) is 43.4 Å². The number of nitrogens with one attached hydrogen (secondary N) is 2. The van der Waals surface area contributed by atoms with Crippen molar-refractivity contribution in [1.82, 2.24) is 24.8 Å². The van der Waals surface area contributed by atoms with Gasteiger partial charge in [-0.05, 0) is 49.3 Å². The van der Waals surface area contributed by atoms with Crippen LogP contribution < -0.4 is 15.5 Å². The van der Waals surface area contributed by atoms with Crippen LogP contribution in [0.2, 0.25) is 0 Å². The van der Waals surface area contributed by atoms with Crippen LogP contribution in [0.1, 0.15) is 17.5 Å². The number of urea groups is 1. The van der Waals surface area contributed by atoms with Crippen LogP contribution in [-0.2, 0) is 13.1 Å². The van der Waals surface area contributed by atoms with Gasteiger partial charge in [0.05, 0.1) is 6.33 Å². The molecule has 0 radical (unpaired) electrons. The van der Waals surface area contributed by atoms with E-state index >= 15 is 0 Å². The van der Waals surface area contributed by atoms with Gasteiger partial charge in [-0.25, -0.2) is 14.8 Å². The molecule has 0 aliphatic carbocycles. The summed E-state index contributed by atoms with van der Waals surface area (Å²) >= 11 is 0. The lowest BCUT2D eigenvalue weighted by atomic mass is 10.2. The molecule has 1 fully saturated rings. The summed E-state index contributed by atoms with van der Waals surface area (Å²) in [6.07, 6.45) is 8.43. The number of pyridine rings is 1. The summed E-state index contributed by atoms with van der Waals surface area (Å²) in [5, 5.41) is 5.80. The van der Waals surface area contributed by atoms with Gasteiger partial charge in [-0.1, -0.05) is 18.2 Å². The molecular weight excluding hydrogens is 390 g/mol. The summed E-state index contributed by atoms with van der Waals surface area (Å²) in [6.45, 7) is 5.33. The first kappa shape index (κ1) is 20.9. The number of nitrogens with zero attached hydrogens (tertiary/aromatic N) is 5. The quantitative estimate of drug-likeness (QED) is 0.642. The second kappa shape index (κ2) is 10.1. The van der Waals surface area contributed by atoms with Gasteiger partial charge in [0, 0.05) is 57.0 Å². The number of imidazole rings is 1. The smallest absolute Gasteiger partial charge is 0.319 e. The lowest BCUT2D eigenvalue weighted by Gasteiger charge is -2.21. The largest absolute Gasteiger partial charge is 0.355 e. The van der Waals surface area contributed by atoms with Crippen molar-refractivity contribution in [3.63, 3.8) is 0 Å². The lowest BCUT2D eigenvalue weighted by molar-refractivity contribution is 0.251. The Morgan fingerprint density at radius 3 is 2.84 bits per heavy atom. The SMILES string of the molecule is CN1CCCN(c2ccc(CNC(=O)Nc3cccc(Cn4ccnc4)c3)cn2)CC1. The highest BCUT2D eigenvalue weighted by atomic mass is 16.2. The number of aromatic nitrogens is 3. The van der Waals surface area contributed by atoms with Crippen LogP contribution >= 0.6 is 0 Å². The maximum Gasteiger partial charge on any atom is 0.319 e. The molecule has 0 atom stereocenters. The molecule has 4 rings (SSSR count). The van der Waals surface area contributed by atoms with E-state index in [-0.39, 0.29) is 6.03 Å². The van der Waals surface area contributed by atoms with Crippen molar-refractivity contribution >= 4 is 17.5 Å². The molecule has 2 N–H and O–H groups in total. The molecule has 1 saturated heterocycles. The summed E-state index contributed by atoms with van der Waals surface area (Å²) in [6, 6.07) is 11.6. The van der Waals surface area contributed by atoms with Gasteiger partial charge < -0.3 is 25.0 Å². The van der Waals surface area contributed by atoms with E-state index in [1.807, 2.05) is 53.4 Å². The number of benzene rings is 1. The van der Waals surface area contributed by atoms with Crippen LogP contribution in [0.4, 0.5) is 16.3 Å². The number of likely N-dealkylation sites (N-methyl/N-ethyl adjacent to an activating group) is 1. The van der Waals surface area contributed by atoms with E-state index in [1.54, 1.807) is 12.5 Å². The molecule has 1 aliphatic rings. The Morgan fingerprint density at radius 2 is 2.03 bits per heavy atom. The van der Waals surface area contributed by atoms with Crippen molar-refractivity contribution in [3.8, 4) is 0 Å². The van der Waals surface area contributed by atoms with Crippen LogP contribution in [0.15, 0.2) is 61.3 Å². The van der Waals surface area contributed by atoms with Crippen molar-refractivity contribution in [3.05, 3.63) is 72.4 Å². The molecule has 3 heterocycles. The third kappa shape index (κ3) is 6.05. The van der Waals surface area contributed by atoms with E-state index in [2.05, 4.69) is 37.4 Å². The highest BCUT2D eigenvalue weighted by Gasteiger charge is 2.13. The van der Waals surface area contributed by atoms with Gasteiger partial charge in [-0.15, -0.1) is 0 Å². The van der Waals surface area contributed by atoms with Gasteiger partial charge in [-0.3, -0.25) is 0 Å². The molecule has 0 spiro atoms. The van der Waals surface area contributed by atoms with Crippen LogP contribution in [0, 0.1) is 0 Å². The maximum absolute atomic E-state index is 12.3. The number of anilines is 2. The number of carbonyl (C=O) groups is 1. The highest BCUT2D eigenvalue weighted by molar-refractivity contribution is 5.89. The van der Waals surface area contributed by atoms with Gasteiger partial charge >= 0.3 is 6.03 Å². The van der Waals surface area contributed by atoms with E-state index in [0.717, 1.165) is 55.2 Å². The first-order chi connectivity index (χ1) is 15.2. The molecular formula is C23H29N7O. The minimum Gasteiger partial charge on any atom is -0.355 e. The molecule has 2 amide bonds. The number of hydrogen-bond donors (Lipinski definition) is 2. The molecule has 3 aromatic rings. The third-order valence-electron chi connectivity index (χ3n) is 5.41. The Hall–Kier alpha value is -3.39. The molecule has 0 saturated carbocycles. The fourth-order valence-electron chi connectivity index (χ4n) is 3.68. The molecule has 8 nitrogen and oxygen atoms in total. The van der Waals surface area contributed by atoms with Crippen molar-refractivity contribution in [2.24, 2.45) is 0 Å². The van der Waals surface area contributed by atoms with Crippen molar-refractivity contribution in [1.29, 1.82) is 0 Å². The molecule has 162 valence electrons. The fourth-order valence-corrected chi connectivity index (χ4v) is 3.68. The highest BCUT2D eigenvalue weighted by Crippen LogP contribution is 2.15. The number of carbonyl (C=O) groups excluding carboxylic acids is 1. The average molecular weight is 420 g/mol. The van der Waals surface area contributed by atoms with Crippen molar-refractivity contribution < 1.29 is 4.79 Å². The van der Waals surface area contributed by atoms with Gasteiger partial charge in [0.15, 0.2) is 0 Å². The Balaban J connectivity index is 1.27. The van der Waals surface area contributed by atoms with Gasteiger partial charge in [0.2, 0.25) is 0 Å². The third-order valence-corrected chi connectivity index (χ3v) is 5.41. The number of rotatable bonds is 6. The van der Waals surface area contributed by atoms with E-state index in [9.17, 15) is 4.79 Å². The number of amides is 2. The summed E-state index contributed by atoms with van der Waals surface area (Å²) in [5.41, 5.74) is 2.82. The van der Waals surface area contributed by atoms with Crippen LogP contribution in [0.5, 0.6) is 0 Å². The summed E-state index contributed by atoms with van der Waals surface area (Å²) < 4.78 is 1.99. The van der Waals surface area contributed by atoms with E-state index in [0.29, 0.717) is 13.1 Å². The first-order valence-corrected chi connectivity index (χ1v) is 10.6. The van der Waals surface area contributed by atoms with Gasteiger partial charge in [-0.2, -0.15) is 0 Å². The minimum absolute atomic E-state index is 0.237. The predicted molar refractivity (Wildman–Crippen MR) is 122 cm³/mol. The molecule has 8 heteroatoms. The van der Waals surface area contributed by atoms with Crippen LogP contribution in [-0.4, -0.2) is 58.7 Å². The second-order valence-electron chi connectivity index (χ2n) is 7.91. The van der Waals surface area contributed by atoms with Crippen molar-refractivity contribution in [2.45, 2.75) is 19.5 Å². The fraction of sp³-hybridized carbons (Fsp3) is 0.348. The Bertz CT molecular complexity index is 972. The average Bonchev–Trinajstić information content (AvgIpc) is 3.19. The summed E-state index contributed by atoms with van der Waals surface area (Å²) in [5.74, 6) is 0.998. The monoisotopic (exact) mass is 419 g/mol. The van der Waals surface area contributed by atoms with Gasteiger partial charge in [0.1, 0.15) is 5.82 Å². The van der Waals surface area contributed by atoms with E-state index < -0.39 is 0 Å². The molecule has 0 bridgehead atoms. The Kier molecular flexibility index (Phi) is 6.78. The molecule has 1 aromatic carbocycles. The molecule has 31 heavy (non-hydrogen) atoms. The number of hydrogen-bond acceptors (Lipinski definition) is 5. The Labute approximate surface area is 182 Å². The first-order valence-electron chi connectivity index (χ1n) is 10.6. The Morgan fingerprint density at radius 1 is 1.10 bits per heavy atom. The lowest BCUT2D eigenvalue weighted by Crippen LogP contribution is -2.30. The molecule has 2 aromatic heterocycles. The van der Waals surface area contributed by atoms with E-state index in [1.165, 1.54) is 0 Å². The summed E-state index contributed by atoms with van der Waals surface area (Å²) in [7, 11) is 2.16. The maximum atomic E-state index is 12.3. The minimum atomic E-state index is -0.237. The van der Waals surface area contributed by atoms with Gasteiger partial charge in [0.25, 0.3) is 0 Å². The standard InChI is InChI=1S/C23H29N7O/c1-28-9-3-10-30(13-12-28)22-7-6-20(15-25-22)16-26-23(31)27-21-5-2-4-19(14-21)17-29-11-8-24-18-29/h2,4-8,11,14-15,18H,3,9-10,12-13,16-17H2,1H3,(H2,26,27,31). The zero-order valence-corrected chi connectivity index (χ0v) is 17.9. The topological polar surface area (TPSA) is 78.3 Å². The molecule has 1 aliphatic heterocycles.